The van der Waals surface area contributed by atoms with Crippen LogP contribution in [0.5, 0.6) is 5.75 Å². The lowest BCUT2D eigenvalue weighted by Gasteiger charge is -2.25. The number of thiol groups is 1. The summed E-state index contributed by atoms with van der Waals surface area (Å²) >= 11 is 3.90. The van der Waals surface area contributed by atoms with E-state index in [9.17, 15) is 29.4 Å². The van der Waals surface area contributed by atoms with Crippen molar-refractivity contribution in [3.05, 3.63) is 29.8 Å². The van der Waals surface area contributed by atoms with Crippen molar-refractivity contribution in [2.75, 3.05) is 12.3 Å². The molecule has 0 saturated carbocycles. The van der Waals surface area contributed by atoms with E-state index in [-0.39, 0.29) is 17.9 Å². The second-order valence-corrected chi connectivity index (χ2v) is 6.92. The number of benzene rings is 1. The van der Waals surface area contributed by atoms with Gasteiger partial charge in [-0.15, -0.1) is 0 Å². The lowest BCUT2D eigenvalue weighted by Crippen LogP contribution is -2.59. The molecule has 3 amide bonds. The van der Waals surface area contributed by atoms with E-state index in [4.69, 9.17) is 10.8 Å². The molecule has 0 aromatic heterocycles. The van der Waals surface area contributed by atoms with Gasteiger partial charge >= 0.3 is 5.97 Å². The number of amides is 3. The molecule has 30 heavy (non-hydrogen) atoms. The van der Waals surface area contributed by atoms with Crippen LogP contribution in [0.3, 0.4) is 0 Å². The topological polar surface area (TPSA) is 191 Å². The third-order valence-corrected chi connectivity index (χ3v) is 4.41. The number of phenols is 1. The second kappa shape index (κ2) is 12.0. The van der Waals surface area contributed by atoms with Crippen molar-refractivity contribution in [2.45, 2.75) is 37.6 Å². The second-order valence-electron chi connectivity index (χ2n) is 6.56. The number of carboxylic acids is 1. The SMILES string of the molecule is CC(O)C(NC(=O)C(N)CS)C(=O)NC(Cc1ccc(O)cc1)C(=O)NCC(=O)O. The van der Waals surface area contributed by atoms with E-state index in [1.54, 1.807) is 0 Å². The van der Waals surface area contributed by atoms with Gasteiger partial charge in [0.25, 0.3) is 0 Å². The molecule has 0 saturated heterocycles. The van der Waals surface area contributed by atoms with Crippen molar-refractivity contribution < 1.29 is 34.5 Å². The Bertz CT molecular complexity index is 757. The Labute approximate surface area is 178 Å². The van der Waals surface area contributed by atoms with Crippen molar-refractivity contribution in [3.63, 3.8) is 0 Å². The predicted octanol–water partition coefficient (Wildman–Crippen LogP) is -2.26. The first kappa shape index (κ1) is 25.2. The van der Waals surface area contributed by atoms with Crippen LogP contribution in [-0.2, 0) is 25.6 Å². The number of nitrogens with one attached hydrogen (secondary N) is 3. The average molecular weight is 442 g/mol. The first-order valence-corrected chi connectivity index (χ1v) is 9.61. The number of carbonyl (C=O) groups is 4. The molecule has 1 aromatic carbocycles. The van der Waals surface area contributed by atoms with E-state index in [1.165, 1.54) is 31.2 Å². The molecule has 0 aliphatic rings. The number of aliphatic hydroxyl groups is 1. The smallest absolute Gasteiger partial charge is 0.322 e. The summed E-state index contributed by atoms with van der Waals surface area (Å²) < 4.78 is 0. The molecule has 0 aliphatic heterocycles. The minimum Gasteiger partial charge on any atom is -0.508 e. The zero-order chi connectivity index (χ0) is 22.8. The lowest BCUT2D eigenvalue weighted by molar-refractivity contribution is -0.138. The number of hydrogen-bond donors (Lipinski definition) is 8. The standard InChI is InChI=1S/C18H26N4O7S/c1-9(23)15(22-16(27)12(19)8-30)18(29)21-13(17(28)20-7-14(25)26)6-10-2-4-11(24)5-3-10/h2-5,9,12-13,15,23-24,30H,6-8,19H2,1H3,(H,20,28)(H,21,29)(H,22,27)(H,25,26). The van der Waals surface area contributed by atoms with E-state index in [2.05, 4.69) is 28.6 Å². The number of aliphatic hydroxyl groups excluding tert-OH is 1. The zero-order valence-corrected chi connectivity index (χ0v) is 17.1. The summed E-state index contributed by atoms with van der Waals surface area (Å²) in [5.74, 6) is -3.60. The van der Waals surface area contributed by atoms with Crippen LogP contribution in [0.1, 0.15) is 12.5 Å². The Balaban J connectivity index is 2.99. The third kappa shape index (κ3) is 8.27. The number of carbonyl (C=O) groups excluding carboxylic acids is 3. The first-order valence-electron chi connectivity index (χ1n) is 8.97. The van der Waals surface area contributed by atoms with Gasteiger partial charge in [0.15, 0.2) is 0 Å². The molecule has 0 aliphatic carbocycles. The molecule has 12 heteroatoms. The highest BCUT2D eigenvalue weighted by Crippen LogP contribution is 2.12. The Morgan fingerprint density at radius 3 is 2.17 bits per heavy atom. The van der Waals surface area contributed by atoms with Crippen LogP contribution in [-0.4, -0.2) is 75.5 Å². The van der Waals surface area contributed by atoms with E-state index in [0.29, 0.717) is 5.56 Å². The fraction of sp³-hybridized carbons (Fsp3) is 0.444. The molecule has 0 fully saturated rings. The molecule has 4 atom stereocenters. The van der Waals surface area contributed by atoms with E-state index in [1.807, 2.05) is 0 Å². The van der Waals surface area contributed by atoms with Crippen LogP contribution < -0.4 is 21.7 Å². The van der Waals surface area contributed by atoms with Gasteiger partial charge in [-0.25, -0.2) is 0 Å². The monoisotopic (exact) mass is 442 g/mol. The van der Waals surface area contributed by atoms with Gasteiger partial charge in [-0.3, -0.25) is 19.2 Å². The Kier molecular flexibility index (Phi) is 10.1. The zero-order valence-electron chi connectivity index (χ0n) is 16.2. The Morgan fingerprint density at radius 1 is 1.07 bits per heavy atom. The summed E-state index contributed by atoms with van der Waals surface area (Å²) in [6, 6.07) is 2.21. The highest BCUT2D eigenvalue weighted by atomic mass is 32.1. The minimum atomic E-state index is -1.40. The maximum Gasteiger partial charge on any atom is 0.322 e. The first-order chi connectivity index (χ1) is 14.0. The number of hydrogen-bond acceptors (Lipinski definition) is 8. The normalized spacial score (nSPS) is 14.7. The molecule has 1 rings (SSSR count). The fourth-order valence-electron chi connectivity index (χ4n) is 2.37. The summed E-state index contributed by atoms with van der Waals surface area (Å²) in [4.78, 5) is 47.7. The summed E-state index contributed by atoms with van der Waals surface area (Å²) in [6.07, 6.45) is -1.34. The number of aromatic hydroxyl groups is 1. The molecular weight excluding hydrogens is 416 g/mol. The average Bonchev–Trinajstić information content (AvgIpc) is 2.69. The summed E-state index contributed by atoms with van der Waals surface area (Å²) in [7, 11) is 0. The number of phenolic OH excluding ortho intramolecular Hbond substituents is 1. The van der Waals surface area contributed by atoms with Gasteiger partial charge in [-0.2, -0.15) is 12.6 Å². The van der Waals surface area contributed by atoms with Crippen molar-refractivity contribution in [1.82, 2.24) is 16.0 Å². The summed E-state index contributed by atoms with van der Waals surface area (Å²) in [6.45, 7) is 0.615. The van der Waals surface area contributed by atoms with Crippen LogP contribution in [0.4, 0.5) is 0 Å². The molecule has 11 nitrogen and oxygen atoms in total. The minimum absolute atomic E-state index is 0.00655. The van der Waals surface area contributed by atoms with Crippen LogP contribution in [0.15, 0.2) is 24.3 Å². The molecule has 0 bridgehead atoms. The van der Waals surface area contributed by atoms with Gasteiger partial charge in [-0.05, 0) is 24.6 Å². The Hall–Kier alpha value is -2.83. The van der Waals surface area contributed by atoms with Crippen LogP contribution >= 0.6 is 12.6 Å². The van der Waals surface area contributed by atoms with Gasteiger partial charge < -0.3 is 37.0 Å². The molecule has 0 heterocycles. The van der Waals surface area contributed by atoms with Crippen molar-refractivity contribution in [1.29, 1.82) is 0 Å². The quantitative estimate of drug-likeness (QED) is 0.176. The van der Waals surface area contributed by atoms with Gasteiger partial charge in [0.1, 0.15) is 24.4 Å². The fourth-order valence-corrected chi connectivity index (χ4v) is 2.54. The largest absolute Gasteiger partial charge is 0.508 e. The molecule has 4 unspecified atom stereocenters. The van der Waals surface area contributed by atoms with E-state index >= 15 is 0 Å². The number of carboxylic acid groups (broad SMARTS) is 1. The molecular formula is C18H26N4O7S. The van der Waals surface area contributed by atoms with Gasteiger partial charge in [-0.1, -0.05) is 12.1 Å². The predicted molar refractivity (Wildman–Crippen MR) is 110 cm³/mol. The van der Waals surface area contributed by atoms with Gasteiger partial charge in [0.05, 0.1) is 12.1 Å². The third-order valence-electron chi connectivity index (χ3n) is 4.02. The van der Waals surface area contributed by atoms with Gasteiger partial charge in [0, 0.05) is 12.2 Å². The summed E-state index contributed by atoms with van der Waals surface area (Å²) in [5, 5.41) is 34.9. The number of nitrogens with two attached hydrogens (primary N) is 1. The molecule has 0 radical (unpaired) electrons. The maximum atomic E-state index is 12.6. The molecule has 8 N–H and O–H groups in total. The molecule has 166 valence electrons. The summed E-state index contributed by atoms with van der Waals surface area (Å²) in [5.41, 5.74) is 6.12. The lowest BCUT2D eigenvalue weighted by atomic mass is 10.0. The van der Waals surface area contributed by atoms with Crippen LogP contribution in [0.2, 0.25) is 0 Å². The maximum absolute atomic E-state index is 12.6. The number of rotatable bonds is 11. The van der Waals surface area contributed by atoms with E-state index in [0.717, 1.165) is 0 Å². The van der Waals surface area contributed by atoms with Crippen LogP contribution in [0, 0.1) is 0 Å². The highest BCUT2D eigenvalue weighted by molar-refractivity contribution is 7.80. The van der Waals surface area contributed by atoms with Gasteiger partial charge in [0.2, 0.25) is 17.7 Å². The molecule has 1 aromatic rings. The highest BCUT2D eigenvalue weighted by Gasteiger charge is 2.31. The van der Waals surface area contributed by atoms with Crippen LogP contribution in [0.25, 0.3) is 0 Å². The van der Waals surface area contributed by atoms with E-state index < -0.39 is 54.5 Å². The Morgan fingerprint density at radius 2 is 1.67 bits per heavy atom. The molecule has 0 spiro atoms. The van der Waals surface area contributed by atoms with Crippen molar-refractivity contribution in [3.8, 4) is 5.75 Å². The van der Waals surface area contributed by atoms with Crippen molar-refractivity contribution >= 4 is 36.3 Å². The number of aliphatic carboxylic acids is 1. The van der Waals surface area contributed by atoms with Crippen molar-refractivity contribution in [2.24, 2.45) is 5.73 Å².